The predicted octanol–water partition coefficient (Wildman–Crippen LogP) is 3.08. The number of rotatable bonds is 7. The molecule has 1 N–H and O–H groups in total. The standard InChI is InChI=1S/C12H20ClN3O/c1-4-5-17-12-8-14-7-11(16-12)15-10(3)6-9(2)13/h7-10H,4-6H2,1-3H3,(H,15,16). The second kappa shape index (κ2) is 7.33. The van der Waals surface area contributed by atoms with E-state index in [1.54, 1.807) is 12.4 Å². The maximum Gasteiger partial charge on any atom is 0.234 e. The minimum atomic E-state index is 0.144. The number of hydrogen-bond acceptors (Lipinski definition) is 4. The molecule has 0 saturated heterocycles. The summed E-state index contributed by atoms with van der Waals surface area (Å²) in [4.78, 5) is 8.41. The van der Waals surface area contributed by atoms with Crippen LogP contribution in [0.25, 0.3) is 0 Å². The zero-order valence-electron chi connectivity index (χ0n) is 10.6. The molecule has 0 spiro atoms. The van der Waals surface area contributed by atoms with Crippen LogP contribution in [-0.2, 0) is 0 Å². The van der Waals surface area contributed by atoms with E-state index in [1.165, 1.54) is 0 Å². The largest absolute Gasteiger partial charge is 0.477 e. The number of nitrogens with zero attached hydrogens (tertiary/aromatic N) is 2. The quantitative estimate of drug-likeness (QED) is 0.763. The van der Waals surface area contributed by atoms with Gasteiger partial charge < -0.3 is 10.1 Å². The predicted molar refractivity (Wildman–Crippen MR) is 70.8 cm³/mol. The van der Waals surface area contributed by atoms with E-state index >= 15 is 0 Å². The zero-order chi connectivity index (χ0) is 12.7. The molecule has 0 aromatic carbocycles. The highest BCUT2D eigenvalue weighted by molar-refractivity contribution is 6.20. The second-order valence-corrected chi connectivity index (χ2v) is 4.90. The Morgan fingerprint density at radius 2 is 2.18 bits per heavy atom. The molecule has 1 aromatic rings. The van der Waals surface area contributed by atoms with Gasteiger partial charge in [-0.2, -0.15) is 4.98 Å². The number of aromatic nitrogens is 2. The summed E-state index contributed by atoms with van der Waals surface area (Å²) in [6.07, 6.45) is 5.15. The molecule has 0 fully saturated rings. The van der Waals surface area contributed by atoms with Crippen molar-refractivity contribution in [3.05, 3.63) is 12.4 Å². The van der Waals surface area contributed by atoms with Crippen molar-refractivity contribution in [2.24, 2.45) is 0 Å². The van der Waals surface area contributed by atoms with E-state index in [1.807, 2.05) is 6.92 Å². The van der Waals surface area contributed by atoms with Crippen molar-refractivity contribution in [3.8, 4) is 5.88 Å². The molecule has 1 heterocycles. The molecular formula is C12H20ClN3O. The van der Waals surface area contributed by atoms with E-state index in [0.29, 0.717) is 12.5 Å². The van der Waals surface area contributed by atoms with Crippen molar-refractivity contribution < 1.29 is 4.74 Å². The highest BCUT2D eigenvalue weighted by Crippen LogP contribution is 2.13. The molecule has 2 atom stereocenters. The van der Waals surface area contributed by atoms with Crippen LogP contribution in [0.3, 0.4) is 0 Å². The second-order valence-electron chi connectivity index (χ2n) is 4.15. The van der Waals surface area contributed by atoms with Crippen LogP contribution in [0.1, 0.15) is 33.6 Å². The van der Waals surface area contributed by atoms with Crippen LogP contribution in [-0.4, -0.2) is 28.0 Å². The molecule has 0 aliphatic heterocycles. The summed E-state index contributed by atoms with van der Waals surface area (Å²) < 4.78 is 5.42. The van der Waals surface area contributed by atoms with Gasteiger partial charge in [-0.25, -0.2) is 0 Å². The number of hydrogen-bond donors (Lipinski definition) is 1. The fourth-order valence-electron chi connectivity index (χ4n) is 1.49. The van der Waals surface area contributed by atoms with Crippen LogP contribution in [0.5, 0.6) is 5.88 Å². The normalized spacial score (nSPS) is 14.1. The first-order chi connectivity index (χ1) is 8.11. The molecule has 96 valence electrons. The lowest BCUT2D eigenvalue weighted by Crippen LogP contribution is -2.19. The topological polar surface area (TPSA) is 47.0 Å². The Labute approximate surface area is 108 Å². The summed E-state index contributed by atoms with van der Waals surface area (Å²) in [6.45, 7) is 6.76. The summed E-state index contributed by atoms with van der Waals surface area (Å²) in [7, 11) is 0. The van der Waals surface area contributed by atoms with Crippen molar-refractivity contribution >= 4 is 17.4 Å². The lowest BCUT2D eigenvalue weighted by Gasteiger charge is -2.15. The lowest BCUT2D eigenvalue weighted by molar-refractivity contribution is 0.304. The fourth-order valence-corrected chi connectivity index (χ4v) is 1.76. The van der Waals surface area contributed by atoms with E-state index in [2.05, 4.69) is 29.1 Å². The van der Waals surface area contributed by atoms with Gasteiger partial charge in [-0.15, -0.1) is 11.6 Å². The van der Waals surface area contributed by atoms with Crippen molar-refractivity contribution in [3.63, 3.8) is 0 Å². The highest BCUT2D eigenvalue weighted by Gasteiger charge is 2.07. The Hall–Kier alpha value is -1.03. The molecule has 1 aromatic heterocycles. The third kappa shape index (κ3) is 5.73. The van der Waals surface area contributed by atoms with Crippen molar-refractivity contribution in [2.75, 3.05) is 11.9 Å². The molecule has 5 heteroatoms. The number of ether oxygens (including phenoxy) is 1. The zero-order valence-corrected chi connectivity index (χ0v) is 11.4. The summed E-state index contributed by atoms with van der Waals surface area (Å²) in [5.74, 6) is 1.28. The van der Waals surface area contributed by atoms with Gasteiger partial charge in [0.2, 0.25) is 5.88 Å². The molecule has 2 unspecified atom stereocenters. The average molecular weight is 258 g/mol. The van der Waals surface area contributed by atoms with E-state index in [9.17, 15) is 0 Å². The van der Waals surface area contributed by atoms with Crippen LogP contribution in [0.4, 0.5) is 5.82 Å². The van der Waals surface area contributed by atoms with Gasteiger partial charge in [-0.3, -0.25) is 4.98 Å². The van der Waals surface area contributed by atoms with E-state index in [0.717, 1.165) is 18.7 Å². The minimum Gasteiger partial charge on any atom is -0.477 e. The van der Waals surface area contributed by atoms with E-state index < -0.39 is 0 Å². The van der Waals surface area contributed by atoms with Gasteiger partial charge in [0.15, 0.2) is 0 Å². The van der Waals surface area contributed by atoms with Crippen molar-refractivity contribution in [1.29, 1.82) is 0 Å². The van der Waals surface area contributed by atoms with Gasteiger partial charge in [0, 0.05) is 11.4 Å². The molecular weight excluding hydrogens is 238 g/mol. The monoisotopic (exact) mass is 257 g/mol. The molecule has 17 heavy (non-hydrogen) atoms. The van der Waals surface area contributed by atoms with Gasteiger partial charge in [0.05, 0.1) is 19.0 Å². The highest BCUT2D eigenvalue weighted by atomic mass is 35.5. The molecule has 0 saturated carbocycles. The minimum absolute atomic E-state index is 0.144. The first-order valence-corrected chi connectivity index (χ1v) is 6.41. The third-order valence-electron chi connectivity index (χ3n) is 2.14. The maximum absolute atomic E-state index is 5.94. The number of anilines is 1. The summed E-state index contributed by atoms with van der Waals surface area (Å²) in [6, 6.07) is 0.262. The Morgan fingerprint density at radius 3 is 2.82 bits per heavy atom. The van der Waals surface area contributed by atoms with Crippen LogP contribution in [0, 0.1) is 0 Å². The van der Waals surface area contributed by atoms with Gasteiger partial charge in [-0.05, 0) is 26.7 Å². The van der Waals surface area contributed by atoms with Crippen molar-refractivity contribution in [1.82, 2.24) is 9.97 Å². The molecule has 1 rings (SSSR count). The summed E-state index contributed by atoms with van der Waals surface area (Å²) in [5.41, 5.74) is 0. The first-order valence-electron chi connectivity index (χ1n) is 5.97. The number of alkyl halides is 1. The Bertz CT molecular complexity index is 333. The van der Waals surface area contributed by atoms with Crippen LogP contribution >= 0.6 is 11.6 Å². The lowest BCUT2D eigenvalue weighted by atomic mass is 10.2. The summed E-state index contributed by atoms with van der Waals surface area (Å²) >= 11 is 5.94. The van der Waals surface area contributed by atoms with Crippen LogP contribution < -0.4 is 10.1 Å². The van der Waals surface area contributed by atoms with E-state index in [4.69, 9.17) is 16.3 Å². The average Bonchev–Trinajstić information content (AvgIpc) is 2.25. The van der Waals surface area contributed by atoms with Gasteiger partial charge in [-0.1, -0.05) is 6.92 Å². The SMILES string of the molecule is CCCOc1cncc(NC(C)CC(C)Cl)n1. The molecule has 0 aliphatic carbocycles. The molecule has 0 radical (unpaired) electrons. The Kier molecular flexibility index (Phi) is 6.05. The molecule has 0 bridgehead atoms. The third-order valence-corrected chi connectivity index (χ3v) is 2.32. The maximum atomic E-state index is 5.94. The molecule has 4 nitrogen and oxygen atoms in total. The van der Waals surface area contributed by atoms with Crippen molar-refractivity contribution in [2.45, 2.75) is 45.0 Å². The molecule has 0 aliphatic rings. The van der Waals surface area contributed by atoms with Crippen LogP contribution in [0.15, 0.2) is 12.4 Å². The summed E-state index contributed by atoms with van der Waals surface area (Å²) in [5, 5.41) is 3.40. The van der Waals surface area contributed by atoms with E-state index in [-0.39, 0.29) is 11.4 Å². The fraction of sp³-hybridized carbons (Fsp3) is 0.667. The first kappa shape index (κ1) is 14.0. The smallest absolute Gasteiger partial charge is 0.234 e. The van der Waals surface area contributed by atoms with Crippen LogP contribution in [0.2, 0.25) is 0 Å². The Morgan fingerprint density at radius 1 is 1.41 bits per heavy atom. The Balaban J connectivity index is 2.52. The number of nitrogens with one attached hydrogen (secondary N) is 1. The molecule has 0 amide bonds. The number of halogens is 1. The van der Waals surface area contributed by atoms with Gasteiger partial charge in [0.25, 0.3) is 0 Å². The van der Waals surface area contributed by atoms with Gasteiger partial charge >= 0.3 is 0 Å². The van der Waals surface area contributed by atoms with Gasteiger partial charge in [0.1, 0.15) is 5.82 Å².